The Balaban J connectivity index is 0.000000390. The number of aliphatic carboxylic acids is 2. The van der Waals surface area contributed by atoms with Gasteiger partial charge in [-0.1, -0.05) is 12.1 Å². The van der Waals surface area contributed by atoms with E-state index in [2.05, 4.69) is 35.8 Å². The van der Waals surface area contributed by atoms with Crippen molar-refractivity contribution in [2.45, 2.75) is 26.4 Å². The molecule has 9 nitrogen and oxygen atoms in total. The molecule has 0 aromatic heterocycles. The van der Waals surface area contributed by atoms with Crippen LogP contribution in [-0.2, 0) is 20.9 Å². The topological polar surface area (TPSA) is 111 Å². The molecule has 1 amide bonds. The quantitative estimate of drug-likeness (QED) is 0.630. The second-order valence-corrected chi connectivity index (χ2v) is 8.02. The van der Waals surface area contributed by atoms with E-state index in [1.165, 1.54) is 5.56 Å². The standard InChI is InChI=1S/C19H29N3O2.C4H4O4/c1-16(2)21-7-9-22(10-8-21)19(23)18-5-3-17(4-6-18)15-20-11-13-24-14-12-20;5-3(6)1-2-4(7)8/h3-6,16H,7-15H2,1-2H3;1-2H,(H,5,6)(H,7,8)/b;2-1+. The Morgan fingerprint density at radius 3 is 1.91 bits per heavy atom. The predicted molar refractivity (Wildman–Crippen MR) is 120 cm³/mol. The highest BCUT2D eigenvalue weighted by atomic mass is 16.5. The van der Waals surface area contributed by atoms with Crippen LogP contribution < -0.4 is 0 Å². The molecule has 2 fully saturated rings. The first-order chi connectivity index (χ1) is 15.3. The van der Waals surface area contributed by atoms with Crippen molar-refractivity contribution in [2.24, 2.45) is 0 Å². The van der Waals surface area contributed by atoms with Gasteiger partial charge >= 0.3 is 11.9 Å². The summed E-state index contributed by atoms with van der Waals surface area (Å²) in [5.41, 5.74) is 2.07. The van der Waals surface area contributed by atoms with Crippen LogP contribution >= 0.6 is 0 Å². The number of carboxylic acid groups (broad SMARTS) is 2. The Labute approximate surface area is 188 Å². The Kier molecular flexibility index (Phi) is 10.3. The number of morpholine rings is 1. The molecule has 1 aromatic carbocycles. The van der Waals surface area contributed by atoms with Gasteiger partial charge < -0.3 is 19.8 Å². The van der Waals surface area contributed by atoms with E-state index in [0.29, 0.717) is 18.2 Å². The van der Waals surface area contributed by atoms with Crippen molar-refractivity contribution in [3.8, 4) is 0 Å². The number of hydrogen-bond acceptors (Lipinski definition) is 6. The average molecular weight is 448 g/mol. The van der Waals surface area contributed by atoms with Crippen molar-refractivity contribution in [1.29, 1.82) is 0 Å². The number of carboxylic acids is 2. The zero-order chi connectivity index (χ0) is 23.5. The van der Waals surface area contributed by atoms with Crippen molar-refractivity contribution in [1.82, 2.24) is 14.7 Å². The van der Waals surface area contributed by atoms with Crippen LogP contribution in [0.4, 0.5) is 0 Å². The van der Waals surface area contributed by atoms with Crippen molar-refractivity contribution >= 4 is 17.8 Å². The lowest BCUT2D eigenvalue weighted by molar-refractivity contribution is -0.134. The van der Waals surface area contributed by atoms with Gasteiger partial charge in [-0.3, -0.25) is 14.6 Å². The fourth-order valence-corrected chi connectivity index (χ4v) is 3.54. The number of amides is 1. The first kappa shape index (κ1) is 25.5. The van der Waals surface area contributed by atoms with Crippen molar-refractivity contribution < 1.29 is 29.3 Å². The third-order valence-electron chi connectivity index (χ3n) is 5.41. The Morgan fingerprint density at radius 1 is 0.906 bits per heavy atom. The maximum absolute atomic E-state index is 12.7. The van der Waals surface area contributed by atoms with Crippen LogP contribution in [0.2, 0.25) is 0 Å². The van der Waals surface area contributed by atoms with E-state index in [1.807, 2.05) is 17.0 Å². The maximum atomic E-state index is 12.7. The highest BCUT2D eigenvalue weighted by Gasteiger charge is 2.23. The Hall–Kier alpha value is -2.75. The maximum Gasteiger partial charge on any atom is 0.328 e. The number of ether oxygens (including phenoxy) is 1. The molecule has 1 aromatic rings. The first-order valence-electron chi connectivity index (χ1n) is 10.8. The van der Waals surface area contributed by atoms with Crippen molar-refractivity contribution in [2.75, 3.05) is 52.5 Å². The summed E-state index contributed by atoms with van der Waals surface area (Å²) in [4.78, 5) is 38.6. The molecule has 0 radical (unpaired) electrons. The van der Waals surface area contributed by atoms with Crippen molar-refractivity contribution in [3.63, 3.8) is 0 Å². The summed E-state index contributed by atoms with van der Waals surface area (Å²) in [5, 5.41) is 15.6. The molecule has 0 unspecified atom stereocenters. The summed E-state index contributed by atoms with van der Waals surface area (Å²) >= 11 is 0. The zero-order valence-corrected chi connectivity index (χ0v) is 18.8. The Morgan fingerprint density at radius 2 is 1.44 bits per heavy atom. The molecule has 3 rings (SSSR count). The number of benzene rings is 1. The highest BCUT2D eigenvalue weighted by molar-refractivity contribution is 5.94. The third kappa shape index (κ3) is 8.78. The summed E-state index contributed by atoms with van der Waals surface area (Å²) in [7, 11) is 0. The molecule has 176 valence electrons. The number of carbonyl (C=O) groups excluding carboxylic acids is 1. The SMILES string of the molecule is CC(C)N1CCN(C(=O)c2ccc(CN3CCOCC3)cc2)CC1.O=C(O)/C=C/C(=O)O. The number of rotatable bonds is 6. The molecule has 2 heterocycles. The van der Waals surface area contributed by atoms with E-state index >= 15 is 0 Å². The third-order valence-corrected chi connectivity index (χ3v) is 5.41. The summed E-state index contributed by atoms with van der Waals surface area (Å²) in [5.74, 6) is -2.35. The van der Waals surface area contributed by atoms with Crippen LogP contribution in [0.1, 0.15) is 29.8 Å². The fraction of sp³-hybridized carbons (Fsp3) is 0.522. The van der Waals surface area contributed by atoms with Crippen LogP contribution in [0.3, 0.4) is 0 Å². The van der Waals surface area contributed by atoms with Crippen LogP contribution in [0.25, 0.3) is 0 Å². The van der Waals surface area contributed by atoms with E-state index in [1.54, 1.807) is 0 Å². The van der Waals surface area contributed by atoms with Crippen LogP contribution in [0.5, 0.6) is 0 Å². The molecule has 2 aliphatic rings. The smallest absolute Gasteiger partial charge is 0.328 e. The van der Waals surface area contributed by atoms with Gasteiger partial charge in [-0.25, -0.2) is 9.59 Å². The van der Waals surface area contributed by atoms with E-state index in [4.69, 9.17) is 14.9 Å². The van der Waals surface area contributed by atoms with Crippen LogP contribution in [0, 0.1) is 0 Å². The first-order valence-corrected chi connectivity index (χ1v) is 10.8. The van der Waals surface area contributed by atoms with Gasteiger partial charge in [0.15, 0.2) is 0 Å². The minimum absolute atomic E-state index is 0.163. The minimum Gasteiger partial charge on any atom is -0.478 e. The molecule has 32 heavy (non-hydrogen) atoms. The second-order valence-electron chi connectivity index (χ2n) is 8.02. The van der Waals surface area contributed by atoms with Gasteiger partial charge in [-0.05, 0) is 31.5 Å². The number of carbonyl (C=O) groups is 3. The van der Waals surface area contributed by atoms with E-state index in [-0.39, 0.29) is 5.91 Å². The lowest BCUT2D eigenvalue weighted by atomic mass is 10.1. The van der Waals surface area contributed by atoms with Gasteiger partial charge in [-0.15, -0.1) is 0 Å². The molecule has 0 aliphatic carbocycles. The lowest BCUT2D eigenvalue weighted by Gasteiger charge is -2.37. The largest absolute Gasteiger partial charge is 0.478 e. The van der Waals surface area contributed by atoms with Gasteiger partial charge in [0, 0.05) is 69.6 Å². The summed E-state index contributed by atoms with van der Waals surface area (Å²) in [6.07, 6.45) is 1.12. The minimum atomic E-state index is -1.26. The normalized spacial score (nSPS) is 17.8. The predicted octanol–water partition coefficient (Wildman–Crippen LogP) is 1.40. The number of hydrogen-bond donors (Lipinski definition) is 2. The molecule has 9 heteroatoms. The monoisotopic (exact) mass is 447 g/mol. The molecule has 0 bridgehead atoms. The van der Waals surface area contributed by atoms with E-state index < -0.39 is 11.9 Å². The van der Waals surface area contributed by atoms with E-state index in [0.717, 1.165) is 64.6 Å². The van der Waals surface area contributed by atoms with Crippen LogP contribution in [-0.4, -0.2) is 101 Å². The number of nitrogens with zero attached hydrogens (tertiary/aromatic N) is 3. The van der Waals surface area contributed by atoms with Gasteiger partial charge in [0.05, 0.1) is 13.2 Å². The molecule has 0 spiro atoms. The summed E-state index contributed by atoms with van der Waals surface area (Å²) < 4.78 is 5.38. The summed E-state index contributed by atoms with van der Waals surface area (Å²) in [6.45, 7) is 12.6. The van der Waals surface area contributed by atoms with Gasteiger partial charge in [0.2, 0.25) is 0 Å². The molecule has 2 N–H and O–H groups in total. The molecule has 2 saturated heterocycles. The average Bonchev–Trinajstić information content (AvgIpc) is 2.79. The zero-order valence-electron chi connectivity index (χ0n) is 18.8. The highest BCUT2D eigenvalue weighted by Crippen LogP contribution is 2.13. The van der Waals surface area contributed by atoms with Gasteiger partial charge in [0.1, 0.15) is 0 Å². The van der Waals surface area contributed by atoms with E-state index in [9.17, 15) is 14.4 Å². The molecule has 2 aliphatic heterocycles. The van der Waals surface area contributed by atoms with Crippen LogP contribution in [0.15, 0.2) is 36.4 Å². The van der Waals surface area contributed by atoms with Gasteiger partial charge in [0.25, 0.3) is 5.91 Å². The Bertz CT molecular complexity index is 763. The summed E-state index contributed by atoms with van der Waals surface area (Å²) in [6, 6.07) is 8.70. The van der Waals surface area contributed by atoms with Gasteiger partial charge in [-0.2, -0.15) is 0 Å². The number of piperazine rings is 1. The van der Waals surface area contributed by atoms with Crippen molar-refractivity contribution in [3.05, 3.63) is 47.5 Å². The second kappa shape index (κ2) is 12.9. The molecule has 0 atom stereocenters. The molecular formula is C23H33N3O6. The molecular weight excluding hydrogens is 414 g/mol. The lowest BCUT2D eigenvalue weighted by Crippen LogP contribution is -2.50. The molecule has 0 saturated carbocycles. The fourth-order valence-electron chi connectivity index (χ4n) is 3.54.